The summed E-state index contributed by atoms with van der Waals surface area (Å²) in [5.41, 5.74) is 0. The van der Waals surface area contributed by atoms with Crippen molar-refractivity contribution in [1.29, 1.82) is 0 Å². The van der Waals surface area contributed by atoms with E-state index in [-0.39, 0.29) is 0 Å². The van der Waals surface area contributed by atoms with E-state index >= 15 is 0 Å². The van der Waals surface area contributed by atoms with Gasteiger partial charge < -0.3 is 9.84 Å². The molecule has 0 rings (SSSR count). The van der Waals surface area contributed by atoms with Gasteiger partial charge >= 0.3 is 0 Å². The third-order valence-electron chi connectivity index (χ3n) is 0.845. The Kier molecular flexibility index (Phi) is 4.61. The Balaban J connectivity index is 3.10. The maximum absolute atomic E-state index is 8.72. The van der Waals surface area contributed by atoms with Gasteiger partial charge in [-0.2, -0.15) is 0 Å². The standard InChI is InChI=1S/C6H12O2/c1-3-4-5-6(7)8-2/h3-4,6-7H,5H2,1-2H3/b4-3-. The van der Waals surface area contributed by atoms with Gasteiger partial charge in [-0.15, -0.1) is 0 Å². The molecular formula is C6H12O2. The number of ether oxygens (including phenoxy) is 1. The molecule has 0 heterocycles. The molecule has 0 aromatic carbocycles. The van der Waals surface area contributed by atoms with Crippen molar-refractivity contribution in [3.63, 3.8) is 0 Å². The maximum Gasteiger partial charge on any atom is 0.157 e. The van der Waals surface area contributed by atoms with Crippen molar-refractivity contribution in [1.82, 2.24) is 0 Å². The van der Waals surface area contributed by atoms with E-state index in [4.69, 9.17) is 5.11 Å². The molecule has 2 nitrogen and oxygen atoms in total. The highest BCUT2D eigenvalue weighted by Gasteiger charge is 1.93. The van der Waals surface area contributed by atoms with Crippen LogP contribution in [0.2, 0.25) is 0 Å². The average molecular weight is 116 g/mol. The summed E-state index contributed by atoms with van der Waals surface area (Å²) in [6, 6.07) is 0. The molecule has 8 heavy (non-hydrogen) atoms. The first kappa shape index (κ1) is 7.66. The van der Waals surface area contributed by atoms with E-state index in [1.807, 2.05) is 19.1 Å². The predicted molar refractivity (Wildman–Crippen MR) is 32.4 cm³/mol. The van der Waals surface area contributed by atoms with Crippen LogP contribution in [-0.4, -0.2) is 18.5 Å². The van der Waals surface area contributed by atoms with Crippen molar-refractivity contribution in [3.8, 4) is 0 Å². The SMILES string of the molecule is C/C=C\CC(O)OC. The maximum atomic E-state index is 8.72. The fourth-order valence-corrected chi connectivity index (χ4v) is 0.349. The summed E-state index contributed by atoms with van der Waals surface area (Å²) in [7, 11) is 1.48. The largest absolute Gasteiger partial charge is 0.368 e. The number of rotatable bonds is 3. The van der Waals surface area contributed by atoms with Crippen molar-refractivity contribution < 1.29 is 9.84 Å². The minimum atomic E-state index is -0.633. The zero-order valence-corrected chi connectivity index (χ0v) is 5.29. The summed E-state index contributed by atoms with van der Waals surface area (Å²) in [6.45, 7) is 1.91. The Morgan fingerprint density at radius 3 is 2.75 bits per heavy atom. The minimum absolute atomic E-state index is 0.576. The van der Waals surface area contributed by atoms with Crippen LogP contribution < -0.4 is 0 Å². The molecule has 0 fully saturated rings. The minimum Gasteiger partial charge on any atom is -0.368 e. The van der Waals surface area contributed by atoms with Gasteiger partial charge in [0, 0.05) is 13.5 Å². The Bertz CT molecular complexity index is 68.9. The predicted octanol–water partition coefficient (Wildman–Crippen LogP) is 0.917. The summed E-state index contributed by atoms with van der Waals surface area (Å²) in [4.78, 5) is 0. The van der Waals surface area contributed by atoms with Crippen LogP contribution >= 0.6 is 0 Å². The second-order valence-corrected chi connectivity index (χ2v) is 1.50. The van der Waals surface area contributed by atoms with Crippen LogP contribution in [-0.2, 0) is 4.74 Å². The Hall–Kier alpha value is -0.340. The van der Waals surface area contributed by atoms with Crippen molar-refractivity contribution in [2.24, 2.45) is 0 Å². The lowest BCUT2D eigenvalue weighted by Gasteiger charge is -2.02. The van der Waals surface area contributed by atoms with Gasteiger partial charge in [0.05, 0.1) is 0 Å². The van der Waals surface area contributed by atoms with Gasteiger partial charge in [-0.3, -0.25) is 0 Å². The molecule has 0 bridgehead atoms. The Morgan fingerprint density at radius 2 is 2.38 bits per heavy atom. The molecule has 0 aliphatic heterocycles. The van der Waals surface area contributed by atoms with Crippen LogP contribution in [0.3, 0.4) is 0 Å². The lowest BCUT2D eigenvalue weighted by molar-refractivity contribution is -0.0702. The van der Waals surface area contributed by atoms with E-state index in [1.54, 1.807) is 0 Å². The van der Waals surface area contributed by atoms with Gasteiger partial charge in [-0.25, -0.2) is 0 Å². The molecule has 0 amide bonds. The lowest BCUT2D eigenvalue weighted by Crippen LogP contribution is -2.06. The molecule has 0 aromatic rings. The average Bonchev–Trinajstić information content (AvgIpc) is 1.83. The molecule has 0 radical (unpaired) electrons. The number of aliphatic hydroxyl groups is 1. The Labute approximate surface area is 49.8 Å². The first-order chi connectivity index (χ1) is 3.81. The molecule has 0 spiro atoms. The van der Waals surface area contributed by atoms with Crippen LogP contribution in [0.25, 0.3) is 0 Å². The molecule has 0 aromatic heterocycles. The van der Waals surface area contributed by atoms with E-state index < -0.39 is 6.29 Å². The summed E-state index contributed by atoms with van der Waals surface area (Å²) >= 11 is 0. The van der Waals surface area contributed by atoms with Gasteiger partial charge in [0.2, 0.25) is 0 Å². The molecule has 0 aliphatic carbocycles. The second kappa shape index (κ2) is 4.81. The van der Waals surface area contributed by atoms with E-state index in [0.29, 0.717) is 6.42 Å². The lowest BCUT2D eigenvalue weighted by atomic mass is 10.4. The third-order valence-corrected chi connectivity index (χ3v) is 0.845. The molecular weight excluding hydrogens is 104 g/mol. The quantitative estimate of drug-likeness (QED) is 0.439. The molecule has 0 aliphatic rings. The van der Waals surface area contributed by atoms with E-state index in [1.165, 1.54) is 7.11 Å². The van der Waals surface area contributed by atoms with Crippen molar-refractivity contribution in [3.05, 3.63) is 12.2 Å². The Morgan fingerprint density at radius 1 is 1.75 bits per heavy atom. The van der Waals surface area contributed by atoms with Crippen LogP contribution in [0.1, 0.15) is 13.3 Å². The summed E-state index contributed by atoms with van der Waals surface area (Å²) in [5, 5.41) is 8.72. The van der Waals surface area contributed by atoms with Crippen LogP contribution in [0.5, 0.6) is 0 Å². The van der Waals surface area contributed by atoms with E-state index in [0.717, 1.165) is 0 Å². The van der Waals surface area contributed by atoms with E-state index in [2.05, 4.69) is 4.74 Å². The number of aliphatic hydroxyl groups excluding tert-OH is 1. The van der Waals surface area contributed by atoms with Gasteiger partial charge in [0.1, 0.15) is 0 Å². The fourth-order valence-electron chi connectivity index (χ4n) is 0.349. The highest BCUT2D eigenvalue weighted by Crippen LogP contribution is 1.91. The van der Waals surface area contributed by atoms with Crippen molar-refractivity contribution >= 4 is 0 Å². The summed E-state index contributed by atoms with van der Waals surface area (Å²) in [5.74, 6) is 0. The number of allylic oxidation sites excluding steroid dienone is 1. The van der Waals surface area contributed by atoms with Crippen LogP contribution in [0.4, 0.5) is 0 Å². The normalized spacial score (nSPS) is 14.9. The van der Waals surface area contributed by atoms with E-state index in [9.17, 15) is 0 Å². The molecule has 0 saturated heterocycles. The van der Waals surface area contributed by atoms with Crippen LogP contribution in [0.15, 0.2) is 12.2 Å². The molecule has 2 heteroatoms. The molecule has 0 saturated carbocycles. The first-order valence-corrected chi connectivity index (χ1v) is 2.63. The topological polar surface area (TPSA) is 29.5 Å². The highest BCUT2D eigenvalue weighted by molar-refractivity contribution is 4.77. The fraction of sp³-hybridized carbons (Fsp3) is 0.667. The third kappa shape index (κ3) is 3.84. The monoisotopic (exact) mass is 116 g/mol. The second-order valence-electron chi connectivity index (χ2n) is 1.50. The summed E-state index contributed by atoms with van der Waals surface area (Å²) in [6.07, 6.45) is 3.68. The van der Waals surface area contributed by atoms with Crippen LogP contribution in [0, 0.1) is 0 Å². The molecule has 1 unspecified atom stereocenters. The van der Waals surface area contributed by atoms with Crippen molar-refractivity contribution in [2.45, 2.75) is 19.6 Å². The molecule has 1 atom stereocenters. The first-order valence-electron chi connectivity index (χ1n) is 2.63. The van der Waals surface area contributed by atoms with Gasteiger partial charge in [-0.1, -0.05) is 12.2 Å². The molecule has 1 N–H and O–H groups in total. The zero-order valence-electron chi connectivity index (χ0n) is 5.29. The van der Waals surface area contributed by atoms with Gasteiger partial charge in [0.25, 0.3) is 0 Å². The number of hydrogen-bond acceptors (Lipinski definition) is 2. The zero-order chi connectivity index (χ0) is 6.41. The highest BCUT2D eigenvalue weighted by atomic mass is 16.6. The number of hydrogen-bond donors (Lipinski definition) is 1. The smallest absolute Gasteiger partial charge is 0.157 e. The molecule has 48 valence electrons. The summed E-state index contributed by atoms with van der Waals surface area (Å²) < 4.78 is 4.56. The van der Waals surface area contributed by atoms with Crippen molar-refractivity contribution in [2.75, 3.05) is 7.11 Å². The van der Waals surface area contributed by atoms with Gasteiger partial charge in [-0.05, 0) is 6.92 Å². The van der Waals surface area contributed by atoms with Gasteiger partial charge in [0.15, 0.2) is 6.29 Å². The number of methoxy groups -OCH3 is 1.